The van der Waals surface area contributed by atoms with E-state index in [-0.39, 0.29) is 12.5 Å². The number of carboxylic acids is 1. The lowest BCUT2D eigenvalue weighted by Gasteiger charge is -2.34. The maximum absolute atomic E-state index is 11.8. The first-order chi connectivity index (χ1) is 7.95. The van der Waals surface area contributed by atoms with Crippen LogP contribution in [0.5, 0.6) is 0 Å². The maximum Gasteiger partial charge on any atom is 0.326 e. The van der Waals surface area contributed by atoms with Crippen molar-refractivity contribution in [1.82, 2.24) is 10.2 Å². The fourth-order valence-corrected chi connectivity index (χ4v) is 1.81. The summed E-state index contributed by atoms with van der Waals surface area (Å²) in [7, 11) is 0. The first kappa shape index (κ1) is 13.8. The van der Waals surface area contributed by atoms with Gasteiger partial charge in [0.15, 0.2) is 0 Å². The molecule has 1 heterocycles. The molecule has 1 saturated heterocycles. The van der Waals surface area contributed by atoms with Crippen molar-refractivity contribution in [1.29, 1.82) is 0 Å². The van der Waals surface area contributed by atoms with Crippen LogP contribution < -0.4 is 5.32 Å². The Bertz CT molecular complexity index is 295. The number of nitrogens with one attached hydrogen (secondary N) is 1. The van der Waals surface area contributed by atoms with E-state index >= 15 is 0 Å². The predicted molar refractivity (Wildman–Crippen MR) is 61.6 cm³/mol. The molecule has 0 bridgehead atoms. The van der Waals surface area contributed by atoms with Crippen LogP contribution in [0.3, 0.4) is 0 Å². The molecule has 1 fully saturated rings. The summed E-state index contributed by atoms with van der Waals surface area (Å²) in [4.78, 5) is 24.0. The van der Waals surface area contributed by atoms with Crippen LogP contribution in [0.15, 0.2) is 0 Å². The Morgan fingerprint density at radius 2 is 2.18 bits per heavy atom. The van der Waals surface area contributed by atoms with Gasteiger partial charge in [-0.1, -0.05) is 13.8 Å². The molecular weight excluding hydrogens is 224 g/mol. The second-order valence-electron chi connectivity index (χ2n) is 4.53. The van der Waals surface area contributed by atoms with Crippen molar-refractivity contribution >= 4 is 12.0 Å². The highest BCUT2D eigenvalue weighted by atomic mass is 16.4. The summed E-state index contributed by atoms with van der Waals surface area (Å²) in [5.41, 5.74) is 0. The van der Waals surface area contributed by atoms with Crippen LogP contribution in [0.2, 0.25) is 0 Å². The second kappa shape index (κ2) is 5.86. The third-order valence-corrected chi connectivity index (χ3v) is 3.21. The van der Waals surface area contributed by atoms with Gasteiger partial charge in [0.25, 0.3) is 0 Å². The Morgan fingerprint density at radius 1 is 1.53 bits per heavy atom. The molecule has 2 amide bonds. The lowest BCUT2D eigenvalue weighted by molar-refractivity contribution is -0.139. The molecule has 6 heteroatoms. The number of aliphatic carboxylic acids is 1. The number of hydrogen-bond acceptors (Lipinski definition) is 3. The molecule has 1 rings (SSSR count). The molecule has 1 aliphatic rings. The molecular formula is C11H20N2O4. The summed E-state index contributed by atoms with van der Waals surface area (Å²) in [6.07, 6.45) is 0.547. The highest BCUT2D eigenvalue weighted by Gasteiger charge is 2.29. The van der Waals surface area contributed by atoms with Gasteiger partial charge in [0.05, 0.1) is 6.10 Å². The molecule has 0 spiro atoms. The van der Waals surface area contributed by atoms with Gasteiger partial charge in [-0.2, -0.15) is 0 Å². The minimum atomic E-state index is -1.04. The topological polar surface area (TPSA) is 89.9 Å². The number of nitrogens with zero attached hydrogens (tertiary/aromatic N) is 1. The summed E-state index contributed by atoms with van der Waals surface area (Å²) in [6.45, 7) is 4.46. The molecule has 17 heavy (non-hydrogen) atoms. The fraction of sp³-hybridized carbons (Fsp3) is 0.818. The van der Waals surface area contributed by atoms with Crippen LogP contribution >= 0.6 is 0 Å². The van der Waals surface area contributed by atoms with E-state index in [0.717, 1.165) is 6.42 Å². The molecule has 0 aromatic heterocycles. The number of likely N-dealkylation sites (tertiary alicyclic amines) is 1. The number of rotatable bonds is 3. The summed E-state index contributed by atoms with van der Waals surface area (Å²) in [6, 6.07) is -1.27. The Hall–Kier alpha value is -1.30. The molecule has 6 nitrogen and oxygen atoms in total. The molecule has 1 aliphatic heterocycles. The van der Waals surface area contributed by atoms with E-state index in [1.165, 1.54) is 4.90 Å². The second-order valence-corrected chi connectivity index (χ2v) is 4.53. The highest BCUT2D eigenvalue weighted by Crippen LogP contribution is 2.16. The summed E-state index contributed by atoms with van der Waals surface area (Å²) in [5.74, 6) is -0.854. The Balaban J connectivity index is 2.50. The molecule has 3 atom stereocenters. The van der Waals surface area contributed by atoms with Gasteiger partial charge < -0.3 is 20.4 Å². The van der Waals surface area contributed by atoms with Gasteiger partial charge >= 0.3 is 12.0 Å². The molecule has 0 radical (unpaired) electrons. The van der Waals surface area contributed by atoms with Gasteiger partial charge in [0.2, 0.25) is 0 Å². The Morgan fingerprint density at radius 3 is 2.65 bits per heavy atom. The molecule has 3 N–H and O–H groups in total. The Labute approximate surface area is 101 Å². The van der Waals surface area contributed by atoms with E-state index < -0.39 is 24.1 Å². The number of piperidine rings is 1. The van der Waals surface area contributed by atoms with Crippen molar-refractivity contribution in [3.05, 3.63) is 0 Å². The number of carbonyl (C=O) groups is 2. The van der Waals surface area contributed by atoms with E-state index in [1.54, 1.807) is 6.92 Å². The van der Waals surface area contributed by atoms with Crippen molar-refractivity contribution in [2.45, 2.75) is 38.8 Å². The smallest absolute Gasteiger partial charge is 0.326 e. The quantitative estimate of drug-likeness (QED) is 0.664. The van der Waals surface area contributed by atoms with Crippen molar-refractivity contribution < 1.29 is 19.8 Å². The standard InChI is InChI=1S/C11H20N2O4/c1-3-8(10(15)16)12-11(17)13-5-4-7(2)9(14)6-13/h7-9,14H,3-6H2,1-2H3,(H,12,17)(H,15,16)/t7?,8-,9?/m0/s1. The van der Waals surface area contributed by atoms with Gasteiger partial charge in [-0.15, -0.1) is 0 Å². The third-order valence-electron chi connectivity index (χ3n) is 3.21. The molecule has 0 saturated carbocycles. The van der Waals surface area contributed by atoms with Crippen molar-refractivity contribution in [2.75, 3.05) is 13.1 Å². The van der Waals surface area contributed by atoms with Crippen LogP contribution in [0.1, 0.15) is 26.7 Å². The number of aliphatic hydroxyl groups is 1. The summed E-state index contributed by atoms with van der Waals surface area (Å²) in [5, 5.41) is 20.9. The maximum atomic E-state index is 11.8. The largest absolute Gasteiger partial charge is 0.480 e. The summed E-state index contributed by atoms with van der Waals surface area (Å²) >= 11 is 0. The van der Waals surface area contributed by atoms with E-state index in [2.05, 4.69) is 5.32 Å². The normalized spacial score (nSPS) is 26.4. The molecule has 98 valence electrons. The van der Waals surface area contributed by atoms with Crippen molar-refractivity contribution in [2.24, 2.45) is 5.92 Å². The van der Waals surface area contributed by atoms with Crippen LogP contribution in [0.4, 0.5) is 4.79 Å². The lowest BCUT2D eigenvalue weighted by Crippen LogP contribution is -2.53. The van der Waals surface area contributed by atoms with Crippen LogP contribution in [0, 0.1) is 5.92 Å². The monoisotopic (exact) mass is 244 g/mol. The van der Waals surface area contributed by atoms with Gasteiger partial charge in [0, 0.05) is 13.1 Å². The van der Waals surface area contributed by atoms with Gasteiger partial charge in [-0.25, -0.2) is 9.59 Å². The van der Waals surface area contributed by atoms with Crippen LogP contribution in [-0.2, 0) is 4.79 Å². The lowest BCUT2D eigenvalue weighted by atomic mass is 9.96. The molecule has 0 aliphatic carbocycles. The minimum Gasteiger partial charge on any atom is -0.480 e. The molecule has 0 aromatic rings. The predicted octanol–water partition coefficient (Wildman–Crippen LogP) is 0.262. The van der Waals surface area contributed by atoms with Gasteiger partial charge in [0.1, 0.15) is 6.04 Å². The minimum absolute atomic E-state index is 0.181. The van der Waals surface area contributed by atoms with Crippen LogP contribution in [0.25, 0.3) is 0 Å². The zero-order chi connectivity index (χ0) is 13.0. The fourth-order valence-electron chi connectivity index (χ4n) is 1.81. The molecule has 0 aromatic carbocycles. The first-order valence-corrected chi connectivity index (χ1v) is 5.92. The number of urea groups is 1. The van der Waals surface area contributed by atoms with E-state index in [9.17, 15) is 14.7 Å². The van der Waals surface area contributed by atoms with E-state index in [1.807, 2.05) is 6.92 Å². The van der Waals surface area contributed by atoms with Crippen molar-refractivity contribution in [3.63, 3.8) is 0 Å². The number of amides is 2. The number of hydrogen-bond donors (Lipinski definition) is 3. The molecule has 2 unspecified atom stereocenters. The van der Waals surface area contributed by atoms with E-state index in [0.29, 0.717) is 13.0 Å². The van der Waals surface area contributed by atoms with Crippen LogP contribution in [-0.4, -0.2) is 52.3 Å². The summed E-state index contributed by atoms with van der Waals surface area (Å²) < 4.78 is 0. The van der Waals surface area contributed by atoms with E-state index in [4.69, 9.17) is 5.11 Å². The van der Waals surface area contributed by atoms with Gasteiger partial charge in [-0.05, 0) is 18.8 Å². The number of carbonyl (C=O) groups excluding carboxylic acids is 1. The zero-order valence-corrected chi connectivity index (χ0v) is 10.2. The van der Waals surface area contributed by atoms with Gasteiger partial charge in [-0.3, -0.25) is 0 Å². The number of β-amino-alcohol motifs (C(OH)–C–C–N with tert-alkyl or cyclic N) is 1. The first-order valence-electron chi connectivity index (χ1n) is 5.92. The SMILES string of the molecule is CC[C@H](NC(=O)N1CCC(C)C(O)C1)C(=O)O. The zero-order valence-electron chi connectivity index (χ0n) is 10.2. The van der Waals surface area contributed by atoms with Crippen molar-refractivity contribution in [3.8, 4) is 0 Å². The average Bonchev–Trinajstić information content (AvgIpc) is 2.28. The highest BCUT2D eigenvalue weighted by molar-refractivity contribution is 5.82. The Kier molecular flexibility index (Phi) is 4.74. The average molecular weight is 244 g/mol. The number of aliphatic hydroxyl groups excluding tert-OH is 1. The third kappa shape index (κ3) is 3.59. The number of carboxylic acid groups (broad SMARTS) is 1.